The molecule has 2 amide bonds. The molecule has 0 N–H and O–H groups in total. The van der Waals surface area contributed by atoms with Crippen molar-refractivity contribution in [1.29, 1.82) is 0 Å². The molecule has 4 nitrogen and oxygen atoms in total. The first-order chi connectivity index (χ1) is 12.9. The SMILES string of the molecule is [2H][13C]([2H])([2H])N1C(=O)C(=O)N([13C]([2H])([2H])[2H])C(c2ccccc2)c2cc(Cl)ccc21. The highest BCUT2D eigenvalue weighted by Crippen LogP contribution is 2.38. The predicted octanol–water partition coefficient (Wildman–Crippen LogP) is 2.86. The van der Waals surface area contributed by atoms with Crippen molar-refractivity contribution in [2.75, 3.05) is 18.9 Å². The highest BCUT2D eigenvalue weighted by molar-refractivity contribution is 6.40. The Hall–Kier alpha value is -2.33. The third kappa shape index (κ3) is 2.25. The van der Waals surface area contributed by atoms with E-state index in [2.05, 4.69) is 0 Å². The standard InChI is InChI=1S/C17H15ClN2O2/c1-19-14-9-8-12(18)10-13(14)15(11-6-4-3-5-7-11)20(2)17(22)16(19)21/h3-10,15H,1-2H3/i1+1D3,2+1D3. The van der Waals surface area contributed by atoms with Gasteiger partial charge in [-0.25, -0.2) is 0 Å². The minimum atomic E-state index is -3.00. The molecule has 0 aliphatic carbocycles. The molecular formula is C17H15ClN2O2. The summed E-state index contributed by atoms with van der Waals surface area (Å²) in [4.78, 5) is 26.4. The summed E-state index contributed by atoms with van der Waals surface area (Å²) >= 11 is 6.09. The Balaban J connectivity index is 2.40. The van der Waals surface area contributed by atoms with Gasteiger partial charge in [-0.2, -0.15) is 0 Å². The number of hydrogen-bond donors (Lipinski definition) is 0. The van der Waals surface area contributed by atoms with E-state index >= 15 is 0 Å². The molecule has 0 aromatic heterocycles. The zero-order chi connectivity index (χ0) is 20.9. The lowest BCUT2D eigenvalue weighted by molar-refractivity contribution is -0.144. The maximum atomic E-state index is 12.9. The number of nitrogens with zero attached hydrogens (tertiary/aromatic N) is 2. The van der Waals surface area contributed by atoms with E-state index in [1.54, 1.807) is 30.3 Å². The number of carbonyl (C=O) groups excluding carboxylic acids is 2. The van der Waals surface area contributed by atoms with Gasteiger partial charge in [-0.3, -0.25) is 9.59 Å². The molecule has 0 bridgehead atoms. The lowest BCUT2D eigenvalue weighted by Gasteiger charge is -2.27. The van der Waals surface area contributed by atoms with E-state index in [4.69, 9.17) is 19.8 Å². The third-order valence-electron chi connectivity index (χ3n) is 3.50. The summed E-state index contributed by atoms with van der Waals surface area (Å²) in [5, 5.41) is 0.206. The molecule has 0 fully saturated rings. The molecule has 112 valence electrons. The van der Waals surface area contributed by atoms with Crippen LogP contribution in [0.25, 0.3) is 0 Å². The fourth-order valence-electron chi connectivity index (χ4n) is 2.48. The van der Waals surface area contributed by atoms with Crippen molar-refractivity contribution in [3.8, 4) is 0 Å². The van der Waals surface area contributed by atoms with Gasteiger partial charge in [-0.05, 0) is 23.8 Å². The Bertz CT molecular complexity index is 929. The third-order valence-corrected chi connectivity index (χ3v) is 3.74. The Morgan fingerprint density at radius 1 is 1.05 bits per heavy atom. The number of carbonyl (C=O) groups is 2. The largest absolute Gasteiger partial charge is 0.326 e. The van der Waals surface area contributed by atoms with Crippen LogP contribution in [0.4, 0.5) is 5.69 Å². The van der Waals surface area contributed by atoms with E-state index in [-0.39, 0.29) is 16.3 Å². The Labute approximate surface area is 142 Å². The number of amides is 2. The molecular weight excluding hydrogens is 302 g/mol. The fraction of sp³-hybridized carbons (Fsp3) is 0.176. The monoisotopic (exact) mass is 322 g/mol. The number of benzene rings is 2. The van der Waals surface area contributed by atoms with Crippen molar-refractivity contribution in [1.82, 2.24) is 4.90 Å². The summed E-state index contributed by atoms with van der Waals surface area (Å²) in [5.41, 5.74) is 0.434. The van der Waals surface area contributed by atoms with Gasteiger partial charge in [0.2, 0.25) is 0 Å². The minimum absolute atomic E-state index is 0.0941. The summed E-state index contributed by atoms with van der Waals surface area (Å²) in [5.74, 6) is -2.88. The molecule has 1 unspecified atom stereocenters. The first kappa shape index (κ1) is 8.96. The van der Waals surface area contributed by atoms with Crippen LogP contribution in [0.15, 0.2) is 48.5 Å². The van der Waals surface area contributed by atoms with Gasteiger partial charge >= 0.3 is 11.8 Å². The van der Waals surface area contributed by atoms with Crippen LogP contribution >= 0.6 is 11.6 Å². The van der Waals surface area contributed by atoms with E-state index in [0.717, 1.165) is 0 Å². The number of likely N-dealkylation sites (N-methyl/N-ethyl adjacent to an activating group) is 2. The van der Waals surface area contributed by atoms with Gasteiger partial charge in [-0.15, -0.1) is 0 Å². The zero-order valence-electron chi connectivity index (χ0n) is 17.3. The molecule has 1 aliphatic heterocycles. The second-order valence-electron chi connectivity index (χ2n) is 4.83. The first-order valence-electron chi connectivity index (χ1n) is 9.45. The Kier molecular flexibility index (Phi) is 2.22. The topological polar surface area (TPSA) is 40.6 Å². The zero-order valence-corrected chi connectivity index (χ0v) is 12.0. The first-order valence-corrected chi connectivity index (χ1v) is 6.83. The van der Waals surface area contributed by atoms with Crippen molar-refractivity contribution >= 4 is 29.1 Å². The molecule has 0 radical (unpaired) electrons. The Morgan fingerprint density at radius 3 is 2.50 bits per heavy atom. The lowest BCUT2D eigenvalue weighted by atomic mass is 9.96. The van der Waals surface area contributed by atoms with Crippen molar-refractivity contribution in [2.24, 2.45) is 0 Å². The van der Waals surface area contributed by atoms with E-state index in [0.29, 0.717) is 15.4 Å². The molecule has 0 spiro atoms. The van der Waals surface area contributed by atoms with Crippen LogP contribution in [-0.4, -0.2) is 30.7 Å². The number of anilines is 1. The van der Waals surface area contributed by atoms with Crippen molar-refractivity contribution in [3.63, 3.8) is 0 Å². The van der Waals surface area contributed by atoms with E-state index in [1.807, 2.05) is 0 Å². The molecule has 2 aromatic rings. The number of fused-ring (bicyclic) bond motifs is 1. The van der Waals surface area contributed by atoms with Gasteiger partial charge in [0, 0.05) is 38.4 Å². The maximum absolute atomic E-state index is 12.9. The normalized spacial score (nSPS) is 23.4. The van der Waals surface area contributed by atoms with E-state index in [1.165, 1.54) is 18.2 Å². The smallest absolute Gasteiger partial charge is 0.316 e. The van der Waals surface area contributed by atoms with Crippen molar-refractivity contribution in [2.45, 2.75) is 6.04 Å². The number of rotatable bonds is 1. The van der Waals surface area contributed by atoms with E-state index in [9.17, 15) is 9.59 Å². The highest BCUT2D eigenvalue weighted by Gasteiger charge is 2.36. The van der Waals surface area contributed by atoms with Crippen LogP contribution in [0.5, 0.6) is 0 Å². The van der Waals surface area contributed by atoms with Gasteiger partial charge in [0.25, 0.3) is 0 Å². The van der Waals surface area contributed by atoms with Gasteiger partial charge in [0.05, 0.1) is 6.04 Å². The van der Waals surface area contributed by atoms with Gasteiger partial charge in [-0.1, -0.05) is 41.9 Å². The molecule has 1 heterocycles. The fourth-order valence-corrected chi connectivity index (χ4v) is 2.66. The predicted molar refractivity (Wildman–Crippen MR) is 85.9 cm³/mol. The minimum Gasteiger partial charge on any atom is -0.326 e. The van der Waals surface area contributed by atoms with E-state index < -0.39 is 31.8 Å². The summed E-state index contributed by atoms with van der Waals surface area (Å²) in [6.45, 7) is -6.00. The van der Waals surface area contributed by atoms with Crippen molar-refractivity contribution in [3.05, 3.63) is 64.7 Å². The summed E-state index contributed by atoms with van der Waals surface area (Å²) in [6, 6.07) is 11.0. The lowest BCUT2D eigenvalue weighted by Crippen LogP contribution is -2.40. The second kappa shape index (κ2) is 5.46. The Morgan fingerprint density at radius 2 is 1.82 bits per heavy atom. The van der Waals surface area contributed by atoms with Gasteiger partial charge in [0.15, 0.2) is 0 Å². The molecule has 0 saturated heterocycles. The van der Waals surface area contributed by atoms with Gasteiger partial charge < -0.3 is 9.80 Å². The average Bonchev–Trinajstić information content (AvgIpc) is 2.68. The quantitative estimate of drug-likeness (QED) is 0.598. The molecule has 5 heteroatoms. The summed E-state index contributed by atoms with van der Waals surface area (Å²) < 4.78 is 46.6. The number of halogens is 1. The summed E-state index contributed by atoms with van der Waals surface area (Å²) in [6.07, 6.45) is 0. The highest BCUT2D eigenvalue weighted by atomic mass is 35.5. The van der Waals surface area contributed by atoms with Crippen LogP contribution in [-0.2, 0) is 9.59 Å². The van der Waals surface area contributed by atoms with Crippen LogP contribution in [0, 0.1) is 0 Å². The second-order valence-corrected chi connectivity index (χ2v) is 5.27. The van der Waals surface area contributed by atoms with Crippen LogP contribution in [0.1, 0.15) is 25.4 Å². The van der Waals surface area contributed by atoms with Crippen LogP contribution in [0.3, 0.4) is 0 Å². The summed E-state index contributed by atoms with van der Waals surface area (Å²) in [7, 11) is 0. The molecule has 22 heavy (non-hydrogen) atoms. The van der Waals surface area contributed by atoms with Crippen LogP contribution < -0.4 is 4.90 Å². The maximum Gasteiger partial charge on any atom is 0.316 e. The van der Waals surface area contributed by atoms with Gasteiger partial charge in [0.1, 0.15) is 0 Å². The van der Waals surface area contributed by atoms with Crippen molar-refractivity contribution < 1.29 is 17.8 Å². The van der Waals surface area contributed by atoms with Crippen LogP contribution in [0.2, 0.25) is 5.02 Å². The number of hydrogen-bond acceptors (Lipinski definition) is 2. The average molecular weight is 323 g/mol. The molecule has 0 saturated carbocycles. The molecule has 1 atom stereocenters. The molecule has 1 aliphatic rings. The molecule has 2 aromatic carbocycles. The molecule has 3 rings (SSSR count).